The van der Waals surface area contributed by atoms with Crippen LogP contribution < -0.4 is 0 Å². The Hall–Kier alpha value is -0.750. The third kappa shape index (κ3) is 3.23. The highest BCUT2D eigenvalue weighted by molar-refractivity contribution is 9.10. The van der Waals surface area contributed by atoms with Gasteiger partial charge < -0.3 is 4.90 Å². The molecule has 0 aliphatic carbocycles. The van der Waals surface area contributed by atoms with E-state index >= 15 is 0 Å². The molecule has 0 N–H and O–H groups in total. The van der Waals surface area contributed by atoms with Gasteiger partial charge in [-0.3, -0.25) is 4.79 Å². The van der Waals surface area contributed by atoms with E-state index in [0.717, 1.165) is 11.0 Å². The first-order chi connectivity index (χ1) is 8.80. The lowest BCUT2D eigenvalue weighted by Gasteiger charge is -2.32. The Bertz CT molecular complexity index is 524. The van der Waals surface area contributed by atoms with E-state index in [-0.39, 0.29) is 30.0 Å². The molecule has 1 aromatic rings. The van der Waals surface area contributed by atoms with Crippen LogP contribution in [0, 0.1) is 5.82 Å². The minimum Gasteiger partial charge on any atom is -0.333 e. The highest BCUT2D eigenvalue weighted by atomic mass is 79.9. The molecule has 0 unspecified atom stereocenters. The molecule has 0 saturated carbocycles. The number of piperidine rings is 1. The number of likely N-dealkylation sites (tertiary alicyclic amines) is 1. The summed E-state index contributed by atoms with van der Waals surface area (Å²) in [5.41, 5.74) is -0.256. The van der Waals surface area contributed by atoms with Crippen LogP contribution >= 0.6 is 27.5 Å². The van der Waals surface area contributed by atoms with Gasteiger partial charge in [-0.25, -0.2) is 13.2 Å². The van der Waals surface area contributed by atoms with E-state index in [1.807, 2.05) is 0 Å². The molecule has 2 rings (SSSR count). The molecule has 0 aromatic heterocycles. The summed E-state index contributed by atoms with van der Waals surface area (Å²) in [6.45, 7) is -0.473. The maximum absolute atomic E-state index is 13.7. The summed E-state index contributed by atoms with van der Waals surface area (Å²) in [6.07, 6.45) is -0.0430. The maximum atomic E-state index is 13.7. The van der Waals surface area contributed by atoms with Gasteiger partial charge in [0, 0.05) is 17.4 Å². The SMILES string of the molecule is O=C(c1cc(Br)c(Cl)cc1F)N1CCCC(F)(F)C1. The molecule has 0 bridgehead atoms. The zero-order valence-electron chi connectivity index (χ0n) is 9.73. The van der Waals surface area contributed by atoms with E-state index in [1.165, 1.54) is 6.07 Å². The fourth-order valence-corrected chi connectivity index (χ4v) is 2.49. The summed E-state index contributed by atoms with van der Waals surface area (Å²) < 4.78 is 40.6. The normalized spacial score (nSPS) is 18.5. The topological polar surface area (TPSA) is 20.3 Å². The monoisotopic (exact) mass is 355 g/mol. The minimum absolute atomic E-state index is 0.123. The number of amides is 1. The number of rotatable bonds is 1. The first-order valence-corrected chi connectivity index (χ1v) is 6.79. The Kier molecular flexibility index (Phi) is 4.11. The summed E-state index contributed by atoms with van der Waals surface area (Å²) in [4.78, 5) is 13.0. The van der Waals surface area contributed by atoms with Crippen molar-refractivity contribution in [1.29, 1.82) is 0 Å². The van der Waals surface area contributed by atoms with Crippen LogP contribution in [0.3, 0.4) is 0 Å². The van der Waals surface area contributed by atoms with E-state index in [0.29, 0.717) is 4.47 Å². The van der Waals surface area contributed by atoms with Crippen molar-refractivity contribution >= 4 is 33.4 Å². The first-order valence-electron chi connectivity index (χ1n) is 5.62. The Balaban J connectivity index is 2.27. The molecule has 1 aliphatic rings. The van der Waals surface area contributed by atoms with E-state index in [9.17, 15) is 18.0 Å². The Morgan fingerprint density at radius 2 is 2.11 bits per heavy atom. The van der Waals surface area contributed by atoms with Gasteiger partial charge in [0.1, 0.15) is 5.82 Å². The molecule has 0 radical (unpaired) electrons. The molecule has 7 heteroatoms. The predicted octanol–water partition coefficient (Wildman–Crippen LogP) is 4.11. The van der Waals surface area contributed by atoms with Crippen LogP contribution in [0.2, 0.25) is 5.02 Å². The lowest BCUT2D eigenvalue weighted by atomic mass is 10.1. The second-order valence-electron chi connectivity index (χ2n) is 4.43. The van der Waals surface area contributed by atoms with Crippen molar-refractivity contribution in [3.63, 3.8) is 0 Å². The molecule has 1 fully saturated rings. The largest absolute Gasteiger partial charge is 0.333 e. The number of nitrogens with zero attached hydrogens (tertiary/aromatic N) is 1. The molecule has 1 saturated heterocycles. The smallest absolute Gasteiger partial charge is 0.265 e. The second kappa shape index (κ2) is 5.32. The van der Waals surface area contributed by atoms with E-state index < -0.39 is 24.2 Å². The van der Waals surface area contributed by atoms with Gasteiger partial charge in [-0.15, -0.1) is 0 Å². The van der Waals surface area contributed by atoms with Gasteiger partial charge in [-0.05, 0) is 34.5 Å². The van der Waals surface area contributed by atoms with Gasteiger partial charge >= 0.3 is 0 Å². The molecule has 1 aliphatic heterocycles. The standard InChI is InChI=1S/C12H10BrClF3NO/c13-8-4-7(10(15)5-9(8)14)11(19)18-3-1-2-12(16,17)6-18/h4-5H,1-3,6H2. The zero-order valence-corrected chi connectivity index (χ0v) is 12.1. The highest BCUT2D eigenvalue weighted by Crippen LogP contribution is 2.30. The lowest BCUT2D eigenvalue weighted by Crippen LogP contribution is -2.45. The van der Waals surface area contributed by atoms with Crippen LogP contribution in [0.1, 0.15) is 23.2 Å². The highest BCUT2D eigenvalue weighted by Gasteiger charge is 2.37. The lowest BCUT2D eigenvalue weighted by molar-refractivity contribution is -0.0561. The zero-order chi connectivity index (χ0) is 14.2. The minimum atomic E-state index is -2.91. The van der Waals surface area contributed by atoms with Crippen molar-refractivity contribution in [3.05, 3.63) is 33.0 Å². The van der Waals surface area contributed by atoms with Crippen LogP contribution in [-0.4, -0.2) is 29.8 Å². The van der Waals surface area contributed by atoms with Gasteiger partial charge in [-0.2, -0.15) is 0 Å². The average Bonchev–Trinajstić information content (AvgIpc) is 2.31. The molecule has 19 heavy (non-hydrogen) atoms. The number of carbonyl (C=O) groups excluding carboxylic acids is 1. The van der Waals surface area contributed by atoms with Gasteiger partial charge in [0.2, 0.25) is 0 Å². The van der Waals surface area contributed by atoms with Crippen LogP contribution in [0.5, 0.6) is 0 Å². The molecule has 0 atom stereocenters. The number of hydrogen-bond donors (Lipinski definition) is 0. The number of halogens is 5. The van der Waals surface area contributed by atoms with Crippen LogP contribution in [0.4, 0.5) is 13.2 Å². The van der Waals surface area contributed by atoms with Crippen molar-refractivity contribution in [3.8, 4) is 0 Å². The molecule has 1 amide bonds. The predicted molar refractivity (Wildman–Crippen MR) is 69.2 cm³/mol. The maximum Gasteiger partial charge on any atom is 0.265 e. The third-order valence-corrected chi connectivity index (χ3v) is 4.12. The van der Waals surface area contributed by atoms with Crippen molar-refractivity contribution < 1.29 is 18.0 Å². The van der Waals surface area contributed by atoms with Gasteiger partial charge in [0.15, 0.2) is 0 Å². The molecule has 104 valence electrons. The second-order valence-corrected chi connectivity index (χ2v) is 5.69. The summed E-state index contributed by atoms with van der Waals surface area (Å²) >= 11 is 8.77. The van der Waals surface area contributed by atoms with Crippen molar-refractivity contribution in [2.24, 2.45) is 0 Å². The Labute approximate surface area is 121 Å². The fourth-order valence-electron chi connectivity index (χ4n) is 2.00. The first kappa shape index (κ1) is 14.7. The van der Waals surface area contributed by atoms with Gasteiger partial charge in [0.25, 0.3) is 11.8 Å². The van der Waals surface area contributed by atoms with Crippen LogP contribution in [-0.2, 0) is 0 Å². The number of hydrogen-bond acceptors (Lipinski definition) is 1. The van der Waals surface area contributed by atoms with Crippen molar-refractivity contribution in [1.82, 2.24) is 4.90 Å². The number of alkyl halides is 2. The fraction of sp³-hybridized carbons (Fsp3) is 0.417. The summed E-state index contributed by atoms with van der Waals surface area (Å²) in [5, 5.41) is 0.123. The summed E-state index contributed by atoms with van der Waals surface area (Å²) in [5.74, 6) is -4.46. The molecular weight excluding hydrogens is 346 g/mol. The Morgan fingerprint density at radius 3 is 2.74 bits per heavy atom. The van der Waals surface area contributed by atoms with Gasteiger partial charge in [-0.1, -0.05) is 11.6 Å². The molecule has 2 nitrogen and oxygen atoms in total. The average molecular weight is 357 g/mol. The third-order valence-electron chi connectivity index (χ3n) is 2.92. The summed E-state index contributed by atoms with van der Waals surface area (Å²) in [7, 11) is 0. The molecule has 0 spiro atoms. The van der Waals surface area contributed by atoms with E-state index in [2.05, 4.69) is 15.9 Å². The van der Waals surface area contributed by atoms with E-state index in [4.69, 9.17) is 11.6 Å². The van der Waals surface area contributed by atoms with Crippen molar-refractivity contribution in [2.75, 3.05) is 13.1 Å². The molecule has 1 aromatic carbocycles. The van der Waals surface area contributed by atoms with Crippen LogP contribution in [0.15, 0.2) is 16.6 Å². The van der Waals surface area contributed by atoms with E-state index in [1.54, 1.807) is 0 Å². The van der Waals surface area contributed by atoms with Crippen molar-refractivity contribution in [2.45, 2.75) is 18.8 Å². The van der Waals surface area contributed by atoms with Gasteiger partial charge in [0.05, 0.1) is 17.1 Å². The number of carbonyl (C=O) groups is 1. The summed E-state index contributed by atoms with van der Waals surface area (Å²) in [6, 6.07) is 2.20. The van der Waals surface area contributed by atoms with Crippen LogP contribution in [0.25, 0.3) is 0 Å². The Morgan fingerprint density at radius 1 is 1.42 bits per heavy atom. The molecule has 1 heterocycles. The molecular formula is C12H10BrClF3NO. The quantitative estimate of drug-likeness (QED) is 0.693. The number of benzene rings is 1.